The molecule has 0 amide bonds. The van der Waals surface area contributed by atoms with E-state index in [1.165, 1.54) is 27.6 Å². The Morgan fingerprint density at radius 1 is 1.15 bits per heavy atom. The second-order valence-corrected chi connectivity index (χ2v) is 7.43. The first-order valence-corrected chi connectivity index (χ1v) is 10.5. The Balaban J connectivity index is 1.66. The number of nitrogens with one attached hydrogen (secondary N) is 1. The fourth-order valence-electron chi connectivity index (χ4n) is 3.47. The van der Waals surface area contributed by atoms with E-state index in [4.69, 9.17) is 5.73 Å². The van der Waals surface area contributed by atoms with Crippen LogP contribution in [0.5, 0.6) is 5.75 Å². The smallest absolute Gasteiger partial charge is 0.406 e. The van der Waals surface area contributed by atoms with Gasteiger partial charge in [-0.25, -0.2) is 4.79 Å². The summed E-state index contributed by atoms with van der Waals surface area (Å²) in [6.45, 7) is 2.68. The standard InChI is InChI=1S/C20H25F3N8O3/c1-3-8-29-17(25-2)16(24)18(32)30(19(29)33)9-5-10-31-27-15(26-28-31)12-13-6-4-7-14(11-13)34-20(21,22)23/h4,6-7,11,25H,3,5,8-10,12,24H2,1-2H3. The number of hydrogen-bond donors (Lipinski definition) is 2. The van der Waals surface area contributed by atoms with Gasteiger partial charge in [0.25, 0.3) is 5.56 Å². The minimum atomic E-state index is -4.78. The zero-order valence-electron chi connectivity index (χ0n) is 18.7. The number of benzene rings is 1. The van der Waals surface area contributed by atoms with Gasteiger partial charge in [-0.3, -0.25) is 13.9 Å². The Bertz CT molecular complexity index is 1250. The van der Waals surface area contributed by atoms with Crippen molar-refractivity contribution in [2.45, 2.75) is 52.2 Å². The molecule has 3 N–H and O–H groups in total. The van der Waals surface area contributed by atoms with Crippen molar-refractivity contribution < 1.29 is 17.9 Å². The van der Waals surface area contributed by atoms with Gasteiger partial charge in [-0.05, 0) is 35.8 Å². The number of nitrogen functional groups attached to an aromatic ring is 1. The highest BCUT2D eigenvalue weighted by Gasteiger charge is 2.31. The topological polar surface area (TPSA) is 135 Å². The van der Waals surface area contributed by atoms with Crippen molar-refractivity contribution in [3.63, 3.8) is 0 Å². The van der Waals surface area contributed by atoms with Gasteiger partial charge in [0.15, 0.2) is 5.82 Å². The molecule has 0 aliphatic carbocycles. The van der Waals surface area contributed by atoms with Crippen molar-refractivity contribution in [1.82, 2.24) is 29.3 Å². The first kappa shape index (κ1) is 24.8. The van der Waals surface area contributed by atoms with Crippen LogP contribution in [-0.2, 0) is 26.1 Å². The lowest BCUT2D eigenvalue weighted by atomic mass is 10.1. The van der Waals surface area contributed by atoms with Crippen LogP contribution in [-0.4, -0.2) is 42.8 Å². The van der Waals surface area contributed by atoms with Gasteiger partial charge in [-0.1, -0.05) is 19.1 Å². The lowest BCUT2D eigenvalue weighted by Gasteiger charge is -2.16. The number of anilines is 2. The van der Waals surface area contributed by atoms with Crippen LogP contribution >= 0.6 is 0 Å². The number of aryl methyl sites for hydroxylation is 1. The van der Waals surface area contributed by atoms with Gasteiger partial charge in [-0.2, -0.15) is 4.80 Å². The van der Waals surface area contributed by atoms with E-state index in [1.54, 1.807) is 13.1 Å². The van der Waals surface area contributed by atoms with E-state index in [0.717, 1.165) is 4.57 Å². The van der Waals surface area contributed by atoms with Crippen molar-refractivity contribution >= 4 is 11.5 Å². The van der Waals surface area contributed by atoms with Crippen LogP contribution in [0.1, 0.15) is 31.2 Å². The molecule has 0 fully saturated rings. The molecule has 0 radical (unpaired) electrons. The summed E-state index contributed by atoms with van der Waals surface area (Å²) in [4.78, 5) is 26.6. The molecule has 2 heterocycles. The van der Waals surface area contributed by atoms with Crippen LogP contribution in [0, 0.1) is 0 Å². The van der Waals surface area contributed by atoms with Crippen molar-refractivity contribution in [2.75, 3.05) is 18.1 Å². The van der Waals surface area contributed by atoms with Crippen molar-refractivity contribution in [3.05, 3.63) is 56.5 Å². The summed E-state index contributed by atoms with van der Waals surface area (Å²) in [5, 5.41) is 14.8. The Morgan fingerprint density at radius 3 is 2.59 bits per heavy atom. The third-order valence-electron chi connectivity index (χ3n) is 4.87. The summed E-state index contributed by atoms with van der Waals surface area (Å²) >= 11 is 0. The lowest BCUT2D eigenvalue weighted by Crippen LogP contribution is -2.42. The van der Waals surface area contributed by atoms with Crippen LogP contribution < -0.4 is 27.0 Å². The van der Waals surface area contributed by atoms with Gasteiger partial charge in [0, 0.05) is 26.6 Å². The van der Waals surface area contributed by atoms with Gasteiger partial charge in [0.2, 0.25) is 0 Å². The minimum absolute atomic E-state index is 0.0338. The number of aromatic nitrogens is 6. The number of alkyl halides is 3. The first-order chi connectivity index (χ1) is 16.1. The molecule has 184 valence electrons. The lowest BCUT2D eigenvalue weighted by molar-refractivity contribution is -0.274. The molecule has 0 saturated heterocycles. The van der Waals surface area contributed by atoms with E-state index in [9.17, 15) is 22.8 Å². The number of nitrogens with two attached hydrogens (primary N) is 1. The molecule has 34 heavy (non-hydrogen) atoms. The molecule has 0 saturated carbocycles. The summed E-state index contributed by atoms with van der Waals surface area (Å²) in [6, 6.07) is 5.51. The number of tetrazole rings is 1. The second kappa shape index (κ2) is 10.4. The zero-order valence-corrected chi connectivity index (χ0v) is 18.7. The van der Waals surface area contributed by atoms with Crippen molar-refractivity contribution in [3.8, 4) is 5.75 Å². The minimum Gasteiger partial charge on any atom is -0.406 e. The van der Waals surface area contributed by atoms with Crippen molar-refractivity contribution in [2.24, 2.45) is 0 Å². The molecule has 0 bridgehead atoms. The van der Waals surface area contributed by atoms with E-state index >= 15 is 0 Å². The molecular formula is C20H25F3N8O3. The molecule has 2 aromatic heterocycles. The summed E-state index contributed by atoms with van der Waals surface area (Å²) in [5.74, 6) is 0.259. The number of halogens is 3. The molecule has 0 unspecified atom stereocenters. The Morgan fingerprint density at radius 2 is 1.91 bits per heavy atom. The molecule has 11 nitrogen and oxygen atoms in total. The van der Waals surface area contributed by atoms with Crippen LogP contribution in [0.3, 0.4) is 0 Å². The van der Waals surface area contributed by atoms with E-state index in [-0.39, 0.29) is 30.9 Å². The van der Waals surface area contributed by atoms with Crippen LogP contribution in [0.2, 0.25) is 0 Å². The summed E-state index contributed by atoms with van der Waals surface area (Å²) in [6.07, 6.45) is -3.59. The number of rotatable bonds is 10. The summed E-state index contributed by atoms with van der Waals surface area (Å²) in [5.41, 5.74) is 5.38. The third-order valence-corrected chi connectivity index (χ3v) is 4.87. The third kappa shape index (κ3) is 5.94. The predicted molar refractivity (Wildman–Crippen MR) is 118 cm³/mol. The fourth-order valence-corrected chi connectivity index (χ4v) is 3.47. The van der Waals surface area contributed by atoms with Crippen LogP contribution in [0.15, 0.2) is 33.9 Å². The quantitative estimate of drug-likeness (QED) is 0.445. The second-order valence-electron chi connectivity index (χ2n) is 7.43. The zero-order chi connectivity index (χ0) is 24.9. The molecule has 0 atom stereocenters. The Hall–Kier alpha value is -3.84. The predicted octanol–water partition coefficient (Wildman–Crippen LogP) is 1.61. The van der Waals surface area contributed by atoms with Gasteiger partial charge in [-0.15, -0.1) is 23.4 Å². The fraction of sp³-hybridized carbons (Fsp3) is 0.450. The highest BCUT2D eigenvalue weighted by atomic mass is 19.4. The largest absolute Gasteiger partial charge is 0.573 e. The Kier molecular flexibility index (Phi) is 7.58. The summed E-state index contributed by atoms with van der Waals surface area (Å²) < 4.78 is 43.6. The molecule has 1 aromatic carbocycles. The van der Waals surface area contributed by atoms with Gasteiger partial charge in [0.1, 0.15) is 17.3 Å². The van der Waals surface area contributed by atoms with E-state index in [1.807, 2.05) is 6.92 Å². The Labute approximate surface area is 191 Å². The number of hydrogen-bond acceptors (Lipinski definition) is 8. The molecule has 3 aromatic rings. The molecule has 14 heteroatoms. The van der Waals surface area contributed by atoms with E-state index < -0.39 is 17.6 Å². The average Bonchev–Trinajstić information content (AvgIpc) is 3.21. The number of ether oxygens (including phenoxy) is 1. The summed E-state index contributed by atoms with van der Waals surface area (Å²) in [7, 11) is 1.59. The van der Waals surface area contributed by atoms with Gasteiger partial charge in [0.05, 0.1) is 6.54 Å². The van der Waals surface area contributed by atoms with E-state index in [0.29, 0.717) is 36.6 Å². The molecule has 0 aliphatic heterocycles. The van der Waals surface area contributed by atoms with Crippen molar-refractivity contribution in [1.29, 1.82) is 0 Å². The monoisotopic (exact) mass is 482 g/mol. The number of nitrogens with zero attached hydrogens (tertiary/aromatic N) is 6. The molecule has 0 aliphatic rings. The maximum atomic E-state index is 12.8. The van der Waals surface area contributed by atoms with Gasteiger partial charge < -0.3 is 15.8 Å². The van der Waals surface area contributed by atoms with Gasteiger partial charge >= 0.3 is 12.1 Å². The maximum Gasteiger partial charge on any atom is 0.573 e. The SMILES string of the molecule is CCCn1c(NC)c(N)c(=O)n(CCCn2nnc(Cc3cccc(OC(F)(F)F)c3)n2)c1=O. The highest BCUT2D eigenvalue weighted by Crippen LogP contribution is 2.23. The first-order valence-electron chi connectivity index (χ1n) is 10.5. The average molecular weight is 482 g/mol. The van der Waals surface area contributed by atoms with E-state index in [2.05, 4.69) is 25.5 Å². The molecular weight excluding hydrogens is 457 g/mol. The molecule has 3 rings (SSSR count). The van der Waals surface area contributed by atoms with Crippen LogP contribution in [0.25, 0.3) is 0 Å². The maximum absolute atomic E-state index is 12.8. The van der Waals surface area contributed by atoms with Crippen LogP contribution in [0.4, 0.5) is 24.7 Å². The molecule has 0 spiro atoms. The highest BCUT2D eigenvalue weighted by molar-refractivity contribution is 5.59. The normalized spacial score (nSPS) is 11.6.